The van der Waals surface area contributed by atoms with Crippen LogP contribution in [-0.4, -0.2) is 52.0 Å². The SMILES string of the molecule is CCC[C@H](NC(=O)OC(C)(C)C)C(O)C(=O)N[C@H](C(=O)O)C(C)C. The second kappa shape index (κ2) is 9.46. The van der Waals surface area contributed by atoms with Gasteiger partial charge in [-0.1, -0.05) is 27.2 Å². The van der Waals surface area contributed by atoms with E-state index in [1.54, 1.807) is 34.6 Å². The van der Waals surface area contributed by atoms with Gasteiger partial charge in [0, 0.05) is 0 Å². The van der Waals surface area contributed by atoms with Crippen molar-refractivity contribution >= 4 is 18.0 Å². The number of nitrogens with one attached hydrogen (secondary N) is 2. The van der Waals surface area contributed by atoms with Gasteiger partial charge in [-0.3, -0.25) is 4.79 Å². The van der Waals surface area contributed by atoms with Crippen LogP contribution in [0.2, 0.25) is 0 Å². The van der Waals surface area contributed by atoms with E-state index in [0.29, 0.717) is 12.8 Å². The average Bonchev–Trinajstić information content (AvgIpc) is 2.40. The van der Waals surface area contributed by atoms with Gasteiger partial charge in [0.1, 0.15) is 11.6 Å². The molecule has 0 spiro atoms. The highest BCUT2D eigenvalue weighted by Gasteiger charge is 2.32. The maximum absolute atomic E-state index is 12.1. The topological polar surface area (TPSA) is 125 Å². The number of carbonyl (C=O) groups excluding carboxylic acids is 2. The summed E-state index contributed by atoms with van der Waals surface area (Å²) in [4.78, 5) is 35.1. The Morgan fingerprint density at radius 3 is 2.04 bits per heavy atom. The summed E-state index contributed by atoms with van der Waals surface area (Å²) < 4.78 is 5.12. The minimum Gasteiger partial charge on any atom is -0.480 e. The molecule has 140 valence electrons. The Bertz CT molecular complexity index is 444. The number of aliphatic hydroxyl groups excluding tert-OH is 1. The van der Waals surface area contributed by atoms with E-state index in [0.717, 1.165) is 0 Å². The van der Waals surface area contributed by atoms with Crippen molar-refractivity contribution in [3.8, 4) is 0 Å². The minimum atomic E-state index is -1.57. The molecule has 0 aliphatic heterocycles. The van der Waals surface area contributed by atoms with Gasteiger partial charge in [0.05, 0.1) is 6.04 Å². The summed E-state index contributed by atoms with van der Waals surface area (Å²) in [6, 6.07) is -1.98. The zero-order valence-electron chi connectivity index (χ0n) is 15.3. The predicted molar refractivity (Wildman–Crippen MR) is 88.5 cm³/mol. The van der Waals surface area contributed by atoms with Gasteiger partial charge < -0.3 is 25.6 Å². The summed E-state index contributed by atoms with van der Waals surface area (Å²) in [5, 5.41) is 24.1. The average molecular weight is 346 g/mol. The molecular weight excluding hydrogens is 316 g/mol. The molecule has 0 saturated heterocycles. The number of carboxylic acids is 1. The minimum absolute atomic E-state index is 0.341. The summed E-state index contributed by atoms with van der Waals surface area (Å²) >= 11 is 0. The Balaban J connectivity index is 4.94. The number of aliphatic carboxylic acids is 1. The molecule has 0 aromatic heterocycles. The van der Waals surface area contributed by atoms with Crippen molar-refractivity contribution in [2.24, 2.45) is 5.92 Å². The molecule has 1 unspecified atom stereocenters. The van der Waals surface area contributed by atoms with Gasteiger partial charge in [-0.2, -0.15) is 0 Å². The Labute approximate surface area is 142 Å². The molecule has 8 nitrogen and oxygen atoms in total. The molecule has 8 heteroatoms. The summed E-state index contributed by atoms with van der Waals surface area (Å²) in [6.45, 7) is 10.2. The Hall–Kier alpha value is -1.83. The summed E-state index contributed by atoms with van der Waals surface area (Å²) in [6.07, 6.45) is -1.37. The number of rotatable bonds is 8. The van der Waals surface area contributed by atoms with Gasteiger partial charge in [-0.25, -0.2) is 9.59 Å². The van der Waals surface area contributed by atoms with Gasteiger partial charge in [0.25, 0.3) is 5.91 Å². The summed E-state index contributed by atoms with van der Waals surface area (Å²) in [5.74, 6) is -2.37. The Kier molecular flexibility index (Phi) is 8.74. The van der Waals surface area contributed by atoms with Crippen LogP contribution in [0.5, 0.6) is 0 Å². The van der Waals surface area contributed by atoms with Crippen LogP contribution in [0.15, 0.2) is 0 Å². The van der Waals surface area contributed by atoms with Crippen LogP contribution in [-0.2, 0) is 14.3 Å². The van der Waals surface area contributed by atoms with Crippen molar-refractivity contribution in [2.45, 2.75) is 78.2 Å². The highest BCUT2D eigenvalue weighted by molar-refractivity contribution is 5.87. The lowest BCUT2D eigenvalue weighted by atomic mass is 10.0. The number of alkyl carbamates (subject to hydrolysis) is 1. The van der Waals surface area contributed by atoms with E-state index in [1.807, 2.05) is 6.92 Å². The van der Waals surface area contributed by atoms with Crippen LogP contribution in [0.1, 0.15) is 54.4 Å². The number of carboxylic acid groups (broad SMARTS) is 1. The van der Waals surface area contributed by atoms with Gasteiger partial charge in [0.15, 0.2) is 6.10 Å². The number of amides is 2. The molecule has 0 aromatic carbocycles. The molecule has 0 aromatic rings. The van der Waals surface area contributed by atoms with E-state index < -0.39 is 41.8 Å². The second-order valence-corrected chi connectivity index (χ2v) is 7.05. The number of hydrogen-bond acceptors (Lipinski definition) is 5. The molecule has 4 N–H and O–H groups in total. The molecule has 2 amide bonds. The lowest BCUT2D eigenvalue weighted by molar-refractivity contribution is -0.145. The van der Waals surface area contributed by atoms with Crippen molar-refractivity contribution in [3.63, 3.8) is 0 Å². The van der Waals surface area contributed by atoms with E-state index >= 15 is 0 Å². The van der Waals surface area contributed by atoms with Crippen molar-refractivity contribution in [3.05, 3.63) is 0 Å². The number of ether oxygens (including phenoxy) is 1. The molecule has 0 radical (unpaired) electrons. The zero-order valence-corrected chi connectivity index (χ0v) is 15.3. The van der Waals surface area contributed by atoms with Crippen LogP contribution in [0, 0.1) is 5.92 Å². The quantitative estimate of drug-likeness (QED) is 0.524. The summed E-state index contributed by atoms with van der Waals surface area (Å²) in [5.41, 5.74) is -0.708. The Morgan fingerprint density at radius 1 is 1.12 bits per heavy atom. The molecule has 0 aliphatic rings. The van der Waals surface area contributed by atoms with Crippen molar-refractivity contribution in [1.29, 1.82) is 0 Å². The fourth-order valence-electron chi connectivity index (χ4n) is 2.01. The zero-order chi connectivity index (χ0) is 19.1. The second-order valence-electron chi connectivity index (χ2n) is 7.05. The maximum atomic E-state index is 12.1. The first kappa shape index (κ1) is 22.2. The van der Waals surface area contributed by atoms with Gasteiger partial charge >= 0.3 is 12.1 Å². The molecule has 0 rings (SSSR count). The van der Waals surface area contributed by atoms with Crippen molar-refractivity contribution in [2.75, 3.05) is 0 Å². The van der Waals surface area contributed by atoms with Crippen LogP contribution in [0.3, 0.4) is 0 Å². The van der Waals surface area contributed by atoms with E-state index in [4.69, 9.17) is 9.84 Å². The van der Waals surface area contributed by atoms with E-state index in [2.05, 4.69) is 10.6 Å². The lowest BCUT2D eigenvalue weighted by Crippen LogP contribution is -2.55. The number of carbonyl (C=O) groups is 3. The van der Waals surface area contributed by atoms with E-state index in [1.165, 1.54) is 0 Å². The standard InChI is InChI=1S/C16H30N2O6/c1-7-8-10(17-15(23)24-16(4,5)6)12(19)13(20)18-11(9(2)3)14(21)22/h9-12,19H,7-8H2,1-6H3,(H,17,23)(H,18,20)(H,21,22)/t10-,11-,12?/m0/s1. The molecule has 24 heavy (non-hydrogen) atoms. The van der Waals surface area contributed by atoms with E-state index in [-0.39, 0.29) is 5.92 Å². The molecule has 3 atom stereocenters. The Morgan fingerprint density at radius 2 is 1.67 bits per heavy atom. The maximum Gasteiger partial charge on any atom is 0.407 e. The summed E-state index contributed by atoms with van der Waals surface area (Å²) in [7, 11) is 0. The van der Waals surface area contributed by atoms with Gasteiger partial charge in [-0.15, -0.1) is 0 Å². The van der Waals surface area contributed by atoms with Gasteiger partial charge in [0.2, 0.25) is 0 Å². The number of aliphatic hydroxyl groups is 1. The van der Waals surface area contributed by atoms with Crippen molar-refractivity contribution in [1.82, 2.24) is 10.6 Å². The predicted octanol–water partition coefficient (Wildman–Crippen LogP) is 1.27. The van der Waals surface area contributed by atoms with Crippen molar-refractivity contribution < 1.29 is 29.3 Å². The fraction of sp³-hybridized carbons (Fsp3) is 0.812. The largest absolute Gasteiger partial charge is 0.480 e. The third-order valence-corrected chi connectivity index (χ3v) is 3.18. The van der Waals surface area contributed by atoms with Crippen LogP contribution in [0.4, 0.5) is 4.79 Å². The third kappa shape index (κ3) is 8.14. The van der Waals surface area contributed by atoms with Crippen LogP contribution < -0.4 is 10.6 Å². The molecular formula is C16H30N2O6. The van der Waals surface area contributed by atoms with Crippen LogP contribution >= 0.6 is 0 Å². The van der Waals surface area contributed by atoms with E-state index in [9.17, 15) is 19.5 Å². The molecule has 0 saturated carbocycles. The highest BCUT2D eigenvalue weighted by Crippen LogP contribution is 2.10. The fourth-order valence-corrected chi connectivity index (χ4v) is 2.01. The monoisotopic (exact) mass is 346 g/mol. The van der Waals surface area contributed by atoms with Gasteiger partial charge in [-0.05, 0) is 33.1 Å². The highest BCUT2D eigenvalue weighted by atomic mass is 16.6. The third-order valence-electron chi connectivity index (χ3n) is 3.18. The smallest absolute Gasteiger partial charge is 0.407 e. The first-order valence-electron chi connectivity index (χ1n) is 8.09. The normalized spacial score (nSPS) is 15.3. The van der Waals surface area contributed by atoms with Crippen LogP contribution in [0.25, 0.3) is 0 Å². The molecule has 0 bridgehead atoms. The lowest BCUT2D eigenvalue weighted by Gasteiger charge is -2.27. The molecule has 0 heterocycles. The number of hydrogen-bond donors (Lipinski definition) is 4. The molecule has 0 aliphatic carbocycles. The first-order chi connectivity index (χ1) is 10.9. The first-order valence-corrected chi connectivity index (χ1v) is 8.09. The molecule has 0 fully saturated rings.